The van der Waals surface area contributed by atoms with Crippen LogP contribution in [0.25, 0.3) is 0 Å². The molecule has 0 saturated heterocycles. The van der Waals surface area contributed by atoms with Gasteiger partial charge in [0.1, 0.15) is 0 Å². The minimum atomic E-state index is -0.561. The second kappa shape index (κ2) is 8.13. The summed E-state index contributed by atoms with van der Waals surface area (Å²) in [4.78, 5) is 10.4. The number of ether oxygens (including phenoxy) is 2. The monoisotopic (exact) mass is 196 g/mol. The number of hydrogen-bond donors (Lipinski definition) is 2. The number of nitrogens with one attached hydrogen (secondary N) is 2. The Morgan fingerprint density at radius 2 is 2.17 bits per heavy atom. The molecule has 0 aromatic heterocycles. The van der Waals surface area contributed by atoms with Gasteiger partial charge >= 0.3 is 6.09 Å². The lowest BCUT2D eigenvalue weighted by Crippen LogP contribution is -2.29. The van der Waals surface area contributed by atoms with Crippen molar-refractivity contribution in [3.8, 4) is 0 Å². The molecular weight excluding hydrogens is 184 g/mol. The molecule has 0 bridgehead atoms. The normalized spacial score (nSPS) is 7.83. The minimum absolute atomic E-state index is 0. The van der Waals surface area contributed by atoms with Crippen molar-refractivity contribution in [1.82, 2.24) is 5.32 Å². The third-order valence-electron chi connectivity index (χ3n) is 0.897. The number of halogens is 1. The zero-order valence-corrected chi connectivity index (χ0v) is 7.86. The quantitative estimate of drug-likeness (QED) is 0.518. The first-order chi connectivity index (χ1) is 5.20. The molecular formula is C6H13ClN2O3. The van der Waals surface area contributed by atoms with Gasteiger partial charge in [-0.25, -0.2) is 4.79 Å². The maximum absolute atomic E-state index is 10.4. The Hall–Kier alpha value is -0.970. The number of carbonyl (C=O) groups excluding carboxylic acids is 1. The Bertz CT molecular complexity index is 152. The van der Waals surface area contributed by atoms with Crippen molar-refractivity contribution in [2.45, 2.75) is 6.92 Å². The van der Waals surface area contributed by atoms with E-state index in [4.69, 9.17) is 10.1 Å². The molecule has 0 fully saturated rings. The van der Waals surface area contributed by atoms with Crippen LogP contribution in [0.2, 0.25) is 0 Å². The predicted octanol–water partition coefficient (Wildman–Crippen LogP) is 0.778. The summed E-state index contributed by atoms with van der Waals surface area (Å²) in [5, 5.41) is 9.37. The molecule has 0 atom stereocenters. The van der Waals surface area contributed by atoms with Gasteiger partial charge in [-0.1, -0.05) is 0 Å². The second-order valence-corrected chi connectivity index (χ2v) is 1.70. The first kappa shape index (κ1) is 13.6. The summed E-state index contributed by atoms with van der Waals surface area (Å²) >= 11 is 0. The number of hydrogen-bond acceptors (Lipinski definition) is 4. The molecule has 5 nitrogen and oxygen atoms in total. The fourth-order valence-corrected chi connectivity index (χ4v) is 0.450. The van der Waals surface area contributed by atoms with Crippen molar-refractivity contribution in [3.63, 3.8) is 0 Å². The van der Waals surface area contributed by atoms with Gasteiger partial charge in [-0.15, -0.1) is 12.4 Å². The fourth-order valence-electron chi connectivity index (χ4n) is 0.450. The predicted molar refractivity (Wildman–Crippen MR) is 47.0 cm³/mol. The fraction of sp³-hybridized carbons (Fsp3) is 0.667. The van der Waals surface area contributed by atoms with E-state index in [9.17, 15) is 4.79 Å². The summed E-state index contributed by atoms with van der Waals surface area (Å²) in [6.07, 6.45) is -0.561. The summed E-state index contributed by atoms with van der Waals surface area (Å²) < 4.78 is 9.03. The Morgan fingerprint density at radius 1 is 1.58 bits per heavy atom. The number of amides is 1. The third-order valence-corrected chi connectivity index (χ3v) is 0.897. The number of alkyl carbamates (subject to hydrolysis) is 1. The highest BCUT2D eigenvalue weighted by atomic mass is 35.5. The molecule has 0 radical (unpaired) electrons. The zero-order valence-electron chi connectivity index (χ0n) is 7.05. The summed E-state index contributed by atoms with van der Waals surface area (Å²) in [5.41, 5.74) is 0. The molecule has 0 aliphatic heterocycles. The van der Waals surface area contributed by atoms with Gasteiger partial charge < -0.3 is 14.8 Å². The molecule has 0 unspecified atom stereocenters. The van der Waals surface area contributed by atoms with Crippen molar-refractivity contribution in [3.05, 3.63) is 0 Å². The van der Waals surface area contributed by atoms with E-state index in [1.54, 1.807) is 6.92 Å². The van der Waals surface area contributed by atoms with E-state index in [2.05, 4.69) is 10.1 Å². The highest BCUT2D eigenvalue weighted by Crippen LogP contribution is 1.77. The Labute approximate surface area is 77.3 Å². The lowest BCUT2D eigenvalue weighted by molar-refractivity contribution is 0.171. The van der Waals surface area contributed by atoms with Crippen LogP contribution >= 0.6 is 12.4 Å². The van der Waals surface area contributed by atoms with E-state index >= 15 is 0 Å². The highest BCUT2D eigenvalue weighted by Gasteiger charge is 2.00. The molecule has 0 heterocycles. The summed E-state index contributed by atoms with van der Waals surface area (Å²) in [5.74, 6) is 0.0258. The molecule has 0 spiro atoms. The lowest BCUT2D eigenvalue weighted by atomic mass is 10.6. The molecule has 12 heavy (non-hydrogen) atoms. The lowest BCUT2D eigenvalue weighted by Gasteiger charge is -2.04. The average molecular weight is 197 g/mol. The van der Waals surface area contributed by atoms with Crippen LogP contribution in [-0.4, -0.2) is 32.3 Å². The first-order valence-corrected chi connectivity index (χ1v) is 3.22. The van der Waals surface area contributed by atoms with Gasteiger partial charge in [-0.3, -0.25) is 5.41 Å². The van der Waals surface area contributed by atoms with E-state index in [-0.39, 0.29) is 24.8 Å². The average Bonchev–Trinajstić information content (AvgIpc) is 2.01. The highest BCUT2D eigenvalue weighted by molar-refractivity contribution is 5.85. The number of methoxy groups -OCH3 is 1. The van der Waals surface area contributed by atoms with Crippen molar-refractivity contribution < 1.29 is 14.3 Å². The van der Waals surface area contributed by atoms with Crippen LogP contribution in [0.1, 0.15) is 6.92 Å². The molecule has 0 aromatic carbocycles. The maximum atomic E-state index is 10.4. The van der Waals surface area contributed by atoms with Crippen LogP contribution in [-0.2, 0) is 9.47 Å². The van der Waals surface area contributed by atoms with Crippen molar-refractivity contribution in [2.75, 3.05) is 20.3 Å². The molecule has 2 N–H and O–H groups in total. The van der Waals surface area contributed by atoms with E-state index in [0.29, 0.717) is 6.61 Å². The third kappa shape index (κ3) is 7.14. The van der Waals surface area contributed by atoms with E-state index in [1.165, 1.54) is 7.11 Å². The molecule has 0 aliphatic carbocycles. The topological polar surface area (TPSA) is 71.4 Å². The van der Waals surface area contributed by atoms with Gasteiger partial charge in [0.2, 0.25) is 5.90 Å². The molecule has 0 aromatic rings. The van der Waals surface area contributed by atoms with Crippen LogP contribution in [0.5, 0.6) is 0 Å². The molecule has 72 valence electrons. The Balaban J connectivity index is 0. The zero-order chi connectivity index (χ0) is 8.69. The summed E-state index contributed by atoms with van der Waals surface area (Å²) in [6.45, 7) is 2.27. The van der Waals surface area contributed by atoms with Gasteiger partial charge in [0.15, 0.2) is 0 Å². The van der Waals surface area contributed by atoms with Crippen LogP contribution in [0.3, 0.4) is 0 Å². The van der Waals surface area contributed by atoms with Crippen LogP contribution < -0.4 is 5.32 Å². The Morgan fingerprint density at radius 3 is 2.58 bits per heavy atom. The van der Waals surface area contributed by atoms with Gasteiger partial charge in [-0.05, 0) is 6.92 Å². The minimum Gasteiger partial charge on any atom is -0.480 e. The van der Waals surface area contributed by atoms with Crippen molar-refractivity contribution >= 4 is 24.4 Å². The number of rotatable bonds is 3. The van der Waals surface area contributed by atoms with Crippen molar-refractivity contribution in [1.29, 1.82) is 5.41 Å². The van der Waals surface area contributed by atoms with E-state index in [0.717, 1.165) is 0 Å². The molecule has 6 heteroatoms. The van der Waals surface area contributed by atoms with Crippen LogP contribution in [0.15, 0.2) is 0 Å². The van der Waals surface area contributed by atoms with Gasteiger partial charge in [0, 0.05) is 0 Å². The van der Waals surface area contributed by atoms with Gasteiger partial charge in [0.25, 0.3) is 0 Å². The molecule has 0 aliphatic rings. The largest absolute Gasteiger partial charge is 0.480 e. The smallest absolute Gasteiger partial charge is 0.407 e. The number of carbonyl (C=O) groups is 1. The second-order valence-electron chi connectivity index (χ2n) is 1.70. The van der Waals surface area contributed by atoms with Gasteiger partial charge in [0.05, 0.1) is 20.3 Å². The first-order valence-electron chi connectivity index (χ1n) is 3.22. The maximum Gasteiger partial charge on any atom is 0.407 e. The molecule has 0 rings (SSSR count). The SMILES string of the molecule is CCOC(=N)CNC(=O)OC.Cl. The van der Waals surface area contributed by atoms with Crippen LogP contribution in [0.4, 0.5) is 4.79 Å². The van der Waals surface area contributed by atoms with Crippen LogP contribution in [0, 0.1) is 5.41 Å². The van der Waals surface area contributed by atoms with E-state index in [1.807, 2.05) is 0 Å². The Kier molecular flexibility index (Phi) is 9.22. The molecule has 1 amide bonds. The van der Waals surface area contributed by atoms with Crippen molar-refractivity contribution in [2.24, 2.45) is 0 Å². The standard InChI is InChI=1S/C6H12N2O3.ClH/c1-3-11-5(7)4-8-6(9)10-2;/h7H,3-4H2,1-2H3,(H,8,9);1H. The van der Waals surface area contributed by atoms with E-state index < -0.39 is 6.09 Å². The summed E-state index contributed by atoms with van der Waals surface area (Å²) in [7, 11) is 1.26. The summed E-state index contributed by atoms with van der Waals surface area (Å²) in [6, 6.07) is 0. The van der Waals surface area contributed by atoms with Gasteiger partial charge in [-0.2, -0.15) is 0 Å². The molecule has 0 saturated carbocycles.